The van der Waals surface area contributed by atoms with Gasteiger partial charge < -0.3 is 10.4 Å². The first-order valence-electron chi connectivity index (χ1n) is 6.73. The molecule has 4 nitrogen and oxygen atoms in total. The molecule has 2 N–H and O–H groups in total. The molecule has 20 heavy (non-hydrogen) atoms. The van der Waals surface area contributed by atoms with E-state index in [1.54, 1.807) is 13.0 Å². The van der Waals surface area contributed by atoms with E-state index in [0.29, 0.717) is 5.02 Å². The number of benzene rings is 1. The third kappa shape index (κ3) is 2.96. The molecular formula is C15H18ClNO3. The molecule has 1 fully saturated rings. The monoisotopic (exact) mass is 295 g/mol. The Morgan fingerprint density at radius 1 is 1.45 bits per heavy atom. The number of nitrogens with one attached hydrogen (secondary N) is 1. The minimum atomic E-state index is -0.914. The molecule has 0 aromatic heterocycles. The lowest BCUT2D eigenvalue weighted by atomic mass is 9.63. The van der Waals surface area contributed by atoms with Crippen LogP contribution in [-0.2, 0) is 15.0 Å². The predicted octanol–water partition coefficient (Wildman–Crippen LogP) is 2.74. The highest BCUT2D eigenvalue weighted by molar-refractivity contribution is 6.30. The van der Waals surface area contributed by atoms with Gasteiger partial charge >= 0.3 is 5.97 Å². The van der Waals surface area contributed by atoms with Gasteiger partial charge in [-0.1, -0.05) is 30.2 Å². The van der Waals surface area contributed by atoms with Crippen molar-refractivity contribution in [1.29, 1.82) is 0 Å². The fraction of sp³-hybridized carbons (Fsp3) is 0.467. The quantitative estimate of drug-likeness (QED) is 0.878. The molecule has 5 heteroatoms. The third-order valence-electron chi connectivity index (χ3n) is 3.88. The van der Waals surface area contributed by atoms with Crippen LogP contribution in [0.5, 0.6) is 0 Å². The summed E-state index contributed by atoms with van der Waals surface area (Å²) in [6.07, 6.45) is 2.47. The standard InChI is InChI=1S/C15H18ClNO3/c1-10(8-13(18)19)17-14(20)15(6-3-7-15)11-4-2-5-12(16)9-11/h2,4-5,9-10H,3,6-8H2,1H3,(H,17,20)(H,18,19). The second-order valence-electron chi connectivity index (χ2n) is 5.42. The maximum atomic E-state index is 12.5. The van der Waals surface area contributed by atoms with Crippen molar-refractivity contribution in [2.24, 2.45) is 0 Å². The highest BCUT2D eigenvalue weighted by Gasteiger charge is 2.45. The number of halogens is 1. The van der Waals surface area contributed by atoms with Crippen molar-refractivity contribution in [1.82, 2.24) is 5.32 Å². The molecule has 1 aromatic carbocycles. The van der Waals surface area contributed by atoms with Crippen molar-refractivity contribution >= 4 is 23.5 Å². The summed E-state index contributed by atoms with van der Waals surface area (Å²) in [4.78, 5) is 23.2. The smallest absolute Gasteiger partial charge is 0.305 e. The van der Waals surface area contributed by atoms with Crippen molar-refractivity contribution in [2.75, 3.05) is 0 Å². The third-order valence-corrected chi connectivity index (χ3v) is 4.11. The molecule has 1 unspecified atom stereocenters. The Labute approximate surface area is 123 Å². The van der Waals surface area contributed by atoms with E-state index in [-0.39, 0.29) is 18.4 Å². The summed E-state index contributed by atoms with van der Waals surface area (Å²) in [5.41, 5.74) is 0.369. The summed E-state index contributed by atoms with van der Waals surface area (Å²) in [7, 11) is 0. The minimum absolute atomic E-state index is 0.0721. The van der Waals surface area contributed by atoms with Crippen LogP contribution >= 0.6 is 11.6 Å². The van der Waals surface area contributed by atoms with Crippen LogP contribution in [0.3, 0.4) is 0 Å². The van der Waals surface area contributed by atoms with E-state index in [0.717, 1.165) is 24.8 Å². The molecule has 1 aliphatic carbocycles. The van der Waals surface area contributed by atoms with Gasteiger partial charge in [-0.25, -0.2) is 0 Å². The molecule has 108 valence electrons. The fourth-order valence-electron chi connectivity index (χ4n) is 2.64. The number of hydrogen-bond acceptors (Lipinski definition) is 2. The Morgan fingerprint density at radius 3 is 2.65 bits per heavy atom. The van der Waals surface area contributed by atoms with Crippen LogP contribution < -0.4 is 5.32 Å². The van der Waals surface area contributed by atoms with Gasteiger partial charge in [-0.2, -0.15) is 0 Å². The summed E-state index contributed by atoms with van der Waals surface area (Å²) in [5.74, 6) is -1.01. The Hall–Kier alpha value is -1.55. The van der Waals surface area contributed by atoms with Gasteiger partial charge in [0.05, 0.1) is 11.8 Å². The van der Waals surface area contributed by atoms with Crippen molar-refractivity contribution in [3.05, 3.63) is 34.9 Å². The molecule has 0 aliphatic heterocycles. The van der Waals surface area contributed by atoms with Crippen LogP contribution in [-0.4, -0.2) is 23.0 Å². The van der Waals surface area contributed by atoms with Gasteiger partial charge in [0.25, 0.3) is 0 Å². The molecule has 0 spiro atoms. The maximum Gasteiger partial charge on any atom is 0.305 e. The second kappa shape index (κ2) is 5.83. The first-order valence-corrected chi connectivity index (χ1v) is 7.11. The van der Waals surface area contributed by atoms with E-state index in [1.165, 1.54) is 0 Å². The number of aliphatic carboxylic acids is 1. The lowest BCUT2D eigenvalue weighted by Gasteiger charge is -2.41. The highest BCUT2D eigenvalue weighted by atomic mass is 35.5. The fourth-order valence-corrected chi connectivity index (χ4v) is 2.83. The summed E-state index contributed by atoms with van der Waals surface area (Å²) in [6.45, 7) is 1.70. The largest absolute Gasteiger partial charge is 0.481 e. The van der Waals surface area contributed by atoms with E-state index in [4.69, 9.17) is 16.7 Å². The molecule has 0 radical (unpaired) electrons. The van der Waals surface area contributed by atoms with E-state index in [9.17, 15) is 9.59 Å². The number of carbonyl (C=O) groups is 2. The van der Waals surface area contributed by atoms with E-state index in [2.05, 4.69) is 5.32 Å². The van der Waals surface area contributed by atoms with Gasteiger partial charge in [0, 0.05) is 11.1 Å². The minimum Gasteiger partial charge on any atom is -0.481 e. The van der Waals surface area contributed by atoms with Crippen LogP contribution in [0.15, 0.2) is 24.3 Å². The molecule has 1 aliphatic rings. The number of hydrogen-bond donors (Lipinski definition) is 2. The van der Waals surface area contributed by atoms with Gasteiger partial charge in [-0.05, 0) is 37.5 Å². The normalized spacial score (nSPS) is 17.9. The lowest BCUT2D eigenvalue weighted by molar-refractivity contribution is -0.138. The van der Waals surface area contributed by atoms with Crippen LogP contribution in [0, 0.1) is 0 Å². The summed E-state index contributed by atoms with van der Waals surface area (Å²) < 4.78 is 0. The Kier molecular flexibility index (Phi) is 4.33. The van der Waals surface area contributed by atoms with Gasteiger partial charge in [0.15, 0.2) is 0 Å². The number of carboxylic acid groups (broad SMARTS) is 1. The second-order valence-corrected chi connectivity index (χ2v) is 5.85. The number of carboxylic acids is 1. The Bertz CT molecular complexity index is 526. The van der Waals surface area contributed by atoms with Crippen molar-refractivity contribution in [3.8, 4) is 0 Å². The molecule has 1 atom stereocenters. The molecule has 0 bridgehead atoms. The van der Waals surface area contributed by atoms with Crippen LogP contribution in [0.25, 0.3) is 0 Å². The summed E-state index contributed by atoms with van der Waals surface area (Å²) in [5, 5.41) is 12.2. The molecule has 2 rings (SSSR count). The predicted molar refractivity (Wildman–Crippen MR) is 76.8 cm³/mol. The zero-order valence-electron chi connectivity index (χ0n) is 11.4. The molecule has 0 saturated heterocycles. The summed E-state index contributed by atoms with van der Waals surface area (Å²) >= 11 is 6.00. The molecule has 1 amide bonds. The van der Waals surface area contributed by atoms with Gasteiger partial charge in [0.2, 0.25) is 5.91 Å². The van der Waals surface area contributed by atoms with Gasteiger partial charge in [-0.15, -0.1) is 0 Å². The van der Waals surface area contributed by atoms with Gasteiger partial charge in [-0.3, -0.25) is 9.59 Å². The SMILES string of the molecule is CC(CC(=O)O)NC(=O)C1(c2cccc(Cl)c2)CCC1. The lowest BCUT2D eigenvalue weighted by Crippen LogP contribution is -2.51. The van der Waals surface area contributed by atoms with E-state index < -0.39 is 11.4 Å². The molecule has 1 saturated carbocycles. The first-order chi connectivity index (χ1) is 9.44. The van der Waals surface area contributed by atoms with Crippen LogP contribution in [0.1, 0.15) is 38.2 Å². The van der Waals surface area contributed by atoms with Gasteiger partial charge in [0.1, 0.15) is 0 Å². The zero-order valence-corrected chi connectivity index (χ0v) is 12.1. The molecule has 1 aromatic rings. The average molecular weight is 296 g/mol. The average Bonchev–Trinajstić information content (AvgIpc) is 2.25. The van der Waals surface area contributed by atoms with E-state index in [1.807, 2.05) is 18.2 Å². The molecular weight excluding hydrogens is 278 g/mol. The van der Waals surface area contributed by atoms with Crippen molar-refractivity contribution in [3.63, 3.8) is 0 Å². The first kappa shape index (κ1) is 14.9. The van der Waals surface area contributed by atoms with Crippen LogP contribution in [0.2, 0.25) is 5.02 Å². The Morgan fingerprint density at radius 2 is 2.15 bits per heavy atom. The molecule has 0 heterocycles. The number of rotatable bonds is 5. The zero-order chi connectivity index (χ0) is 14.8. The topological polar surface area (TPSA) is 66.4 Å². The number of carbonyl (C=O) groups excluding carboxylic acids is 1. The maximum absolute atomic E-state index is 12.5. The van der Waals surface area contributed by atoms with E-state index >= 15 is 0 Å². The highest BCUT2D eigenvalue weighted by Crippen LogP contribution is 2.44. The Balaban J connectivity index is 2.15. The van der Waals surface area contributed by atoms with Crippen molar-refractivity contribution < 1.29 is 14.7 Å². The summed E-state index contributed by atoms with van der Waals surface area (Å²) in [6, 6.07) is 6.97. The number of amides is 1. The van der Waals surface area contributed by atoms with Crippen molar-refractivity contribution in [2.45, 2.75) is 44.1 Å². The van der Waals surface area contributed by atoms with Crippen LogP contribution in [0.4, 0.5) is 0 Å².